The van der Waals surface area contributed by atoms with Crippen LogP contribution in [0.1, 0.15) is 0 Å². The van der Waals surface area contributed by atoms with Crippen molar-refractivity contribution in [2.75, 3.05) is 13.7 Å². The highest BCUT2D eigenvalue weighted by molar-refractivity contribution is 6.74. The van der Waals surface area contributed by atoms with Crippen LogP contribution in [0.15, 0.2) is 36.7 Å². The molecule has 8 heteroatoms. The van der Waals surface area contributed by atoms with Crippen molar-refractivity contribution in [2.24, 2.45) is 0 Å². The first-order valence-corrected chi connectivity index (χ1v) is 5.99. The standard InChI is InChI=1S/C12H13BF3N2O2/c1-19-10-3-4-12(11(9-10)13(14,15)16)20-8-7-18-6-2-5-17-18/h2-6,9H,7-8H2,1H3/q-1. The maximum Gasteiger partial charge on any atom is 0.513 e. The van der Waals surface area contributed by atoms with Gasteiger partial charge in [0.1, 0.15) is 12.4 Å². The summed E-state index contributed by atoms with van der Waals surface area (Å²) in [6.07, 6.45) is 3.31. The van der Waals surface area contributed by atoms with Crippen molar-refractivity contribution in [3.63, 3.8) is 0 Å². The van der Waals surface area contributed by atoms with Crippen LogP contribution in [-0.2, 0) is 6.54 Å². The van der Waals surface area contributed by atoms with Crippen LogP contribution in [0.25, 0.3) is 0 Å². The van der Waals surface area contributed by atoms with Gasteiger partial charge in [-0.2, -0.15) is 5.10 Å². The van der Waals surface area contributed by atoms with Crippen LogP contribution in [0.5, 0.6) is 11.5 Å². The smallest absolute Gasteiger partial charge is 0.497 e. The van der Waals surface area contributed by atoms with Gasteiger partial charge >= 0.3 is 6.98 Å². The van der Waals surface area contributed by atoms with Crippen molar-refractivity contribution in [1.29, 1.82) is 0 Å². The molecule has 0 atom stereocenters. The summed E-state index contributed by atoms with van der Waals surface area (Å²) < 4.78 is 50.5. The number of aromatic nitrogens is 2. The molecule has 0 unspecified atom stereocenters. The minimum absolute atomic E-state index is 0.104. The third-order valence-electron chi connectivity index (χ3n) is 2.71. The van der Waals surface area contributed by atoms with Crippen molar-refractivity contribution in [3.8, 4) is 11.5 Å². The van der Waals surface area contributed by atoms with Crippen molar-refractivity contribution in [3.05, 3.63) is 36.7 Å². The lowest BCUT2D eigenvalue weighted by atomic mass is 9.79. The van der Waals surface area contributed by atoms with E-state index < -0.39 is 12.4 Å². The monoisotopic (exact) mass is 285 g/mol. The van der Waals surface area contributed by atoms with E-state index in [4.69, 9.17) is 9.47 Å². The fourth-order valence-electron chi connectivity index (χ4n) is 1.72. The molecule has 0 saturated carbocycles. The Morgan fingerprint density at radius 2 is 2.10 bits per heavy atom. The molecule has 0 aliphatic carbocycles. The van der Waals surface area contributed by atoms with Gasteiger partial charge in [-0.1, -0.05) is 5.46 Å². The van der Waals surface area contributed by atoms with Crippen LogP contribution in [-0.4, -0.2) is 30.5 Å². The second-order valence-corrected chi connectivity index (χ2v) is 4.10. The first kappa shape index (κ1) is 14.3. The lowest BCUT2D eigenvalue weighted by molar-refractivity contribution is 0.291. The molecule has 0 spiro atoms. The average Bonchev–Trinajstić information content (AvgIpc) is 2.91. The molecule has 0 bridgehead atoms. The predicted octanol–water partition coefficient (Wildman–Crippen LogP) is 2.03. The molecule has 0 radical (unpaired) electrons. The molecular formula is C12H13BF3N2O2-. The summed E-state index contributed by atoms with van der Waals surface area (Å²) in [5.41, 5.74) is -0.787. The summed E-state index contributed by atoms with van der Waals surface area (Å²) in [4.78, 5) is 0. The third kappa shape index (κ3) is 3.46. The zero-order valence-electron chi connectivity index (χ0n) is 10.8. The number of rotatable bonds is 6. The molecule has 4 nitrogen and oxygen atoms in total. The Morgan fingerprint density at radius 1 is 1.30 bits per heavy atom. The Kier molecular flexibility index (Phi) is 4.21. The largest absolute Gasteiger partial charge is 0.513 e. The summed E-state index contributed by atoms with van der Waals surface area (Å²) in [6, 6.07) is 5.39. The van der Waals surface area contributed by atoms with E-state index >= 15 is 0 Å². The Balaban J connectivity index is 2.10. The number of benzene rings is 1. The van der Waals surface area contributed by atoms with Crippen LogP contribution in [0.2, 0.25) is 0 Å². The normalized spacial score (nSPS) is 11.4. The van der Waals surface area contributed by atoms with E-state index in [0.717, 1.165) is 6.07 Å². The molecule has 0 amide bonds. The molecule has 1 aromatic carbocycles. The van der Waals surface area contributed by atoms with Gasteiger partial charge in [0, 0.05) is 12.4 Å². The molecule has 20 heavy (non-hydrogen) atoms. The molecule has 1 aromatic heterocycles. The Labute approximate surface area is 114 Å². The molecule has 2 rings (SSSR count). The van der Waals surface area contributed by atoms with E-state index in [9.17, 15) is 12.9 Å². The number of halogens is 3. The summed E-state index contributed by atoms with van der Waals surface area (Å²) in [7, 11) is 1.32. The molecular weight excluding hydrogens is 272 g/mol. The first-order chi connectivity index (χ1) is 9.50. The number of hydrogen-bond acceptors (Lipinski definition) is 3. The van der Waals surface area contributed by atoms with E-state index in [2.05, 4.69) is 5.10 Å². The number of methoxy groups -OCH3 is 1. The summed E-state index contributed by atoms with van der Waals surface area (Å²) in [6.45, 7) is -4.67. The van der Waals surface area contributed by atoms with Gasteiger partial charge in [-0.15, -0.1) is 0 Å². The van der Waals surface area contributed by atoms with E-state index in [1.807, 2.05) is 0 Å². The number of hydrogen-bond donors (Lipinski definition) is 0. The average molecular weight is 285 g/mol. The topological polar surface area (TPSA) is 36.3 Å². The van der Waals surface area contributed by atoms with Crippen LogP contribution < -0.4 is 14.9 Å². The van der Waals surface area contributed by atoms with Gasteiger partial charge in [0.25, 0.3) is 0 Å². The number of nitrogens with zero attached hydrogens (tertiary/aromatic N) is 2. The fourth-order valence-corrected chi connectivity index (χ4v) is 1.72. The van der Waals surface area contributed by atoms with Crippen molar-refractivity contribution >= 4 is 12.4 Å². The van der Waals surface area contributed by atoms with E-state index in [1.165, 1.54) is 19.2 Å². The predicted molar refractivity (Wildman–Crippen MR) is 69.4 cm³/mol. The van der Waals surface area contributed by atoms with Crippen molar-refractivity contribution in [1.82, 2.24) is 9.78 Å². The fraction of sp³-hybridized carbons (Fsp3) is 0.250. The van der Waals surface area contributed by atoms with Gasteiger partial charge in [-0.25, -0.2) is 0 Å². The first-order valence-electron chi connectivity index (χ1n) is 5.99. The van der Waals surface area contributed by atoms with Gasteiger partial charge in [-0.3, -0.25) is 4.68 Å². The van der Waals surface area contributed by atoms with Crippen LogP contribution in [0.4, 0.5) is 12.9 Å². The van der Waals surface area contributed by atoms with E-state index in [1.54, 1.807) is 23.1 Å². The van der Waals surface area contributed by atoms with Gasteiger partial charge in [0.2, 0.25) is 0 Å². The molecule has 0 fully saturated rings. The highest BCUT2D eigenvalue weighted by Gasteiger charge is 2.29. The van der Waals surface area contributed by atoms with Crippen LogP contribution >= 0.6 is 0 Å². The number of ether oxygens (including phenoxy) is 2. The quantitative estimate of drug-likeness (QED) is 0.762. The third-order valence-corrected chi connectivity index (χ3v) is 2.71. The molecule has 1 heterocycles. The second kappa shape index (κ2) is 5.89. The minimum atomic E-state index is -5.16. The van der Waals surface area contributed by atoms with Crippen molar-refractivity contribution < 1.29 is 22.4 Å². The van der Waals surface area contributed by atoms with Gasteiger partial charge in [0.05, 0.1) is 19.4 Å². The maximum atomic E-state index is 13.0. The van der Waals surface area contributed by atoms with Crippen molar-refractivity contribution in [2.45, 2.75) is 6.54 Å². The summed E-state index contributed by atoms with van der Waals surface area (Å²) in [5, 5.41) is 3.94. The lowest BCUT2D eigenvalue weighted by Gasteiger charge is -2.20. The maximum absolute atomic E-state index is 13.0. The van der Waals surface area contributed by atoms with E-state index in [-0.39, 0.29) is 18.1 Å². The van der Waals surface area contributed by atoms with E-state index in [0.29, 0.717) is 6.54 Å². The van der Waals surface area contributed by atoms with Gasteiger partial charge in [-0.05, 0) is 24.3 Å². The van der Waals surface area contributed by atoms with Crippen LogP contribution in [0, 0.1) is 0 Å². The highest BCUT2D eigenvalue weighted by atomic mass is 19.4. The molecule has 108 valence electrons. The van der Waals surface area contributed by atoms with Gasteiger partial charge < -0.3 is 22.4 Å². The molecule has 0 N–H and O–H groups in total. The summed E-state index contributed by atoms with van der Waals surface area (Å²) in [5.74, 6) is -0.0379. The minimum Gasteiger partial charge on any atom is -0.497 e. The Bertz CT molecular complexity index is 558. The second-order valence-electron chi connectivity index (χ2n) is 4.10. The van der Waals surface area contributed by atoms with Gasteiger partial charge in [0.15, 0.2) is 0 Å². The SMILES string of the molecule is COc1ccc(OCCn2cccn2)c([B-](F)(F)F)c1. The summed E-state index contributed by atoms with van der Waals surface area (Å²) >= 11 is 0. The highest BCUT2D eigenvalue weighted by Crippen LogP contribution is 2.22. The Hall–Kier alpha value is -2.12. The Morgan fingerprint density at radius 3 is 2.70 bits per heavy atom. The zero-order chi connectivity index (χ0) is 14.6. The lowest BCUT2D eigenvalue weighted by Crippen LogP contribution is -2.35. The molecule has 0 aliphatic heterocycles. The molecule has 0 saturated heterocycles. The molecule has 0 aliphatic rings. The molecule has 2 aromatic rings. The van der Waals surface area contributed by atoms with Crippen LogP contribution in [0.3, 0.4) is 0 Å². The zero-order valence-corrected chi connectivity index (χ0v) is 10.8.